The second kappa shape index (κ2) is 5.80. The van der Waals surface area contributed by atoms with Gasteiger partial charge in [0.25, 0.3) is 0 Å². The van der Waals surface area contributed by atoms with Gasteiger partial charge in [0.1, 0.15) is 0 Å². The molecule has 1 heteroatoms. The third-order valence-electron chi connectivity index (χ3n) is 4.10. The third kappa shape index (κ3) is 3.29. The molecule has 1 nitrogen and oxygen atoms in total. The van der Waals surface area contributed by atoms with Crippen molar-refractivity contribution >= 4 is 0 Å². The van der Waals surface area contributed by atoms with Crippen LogP contribution in [0.4, 0.5) is 0 Å². The molecule has 1 unspecified atom stereocenters. The highest BCUT2D eigenvalue weighted by Gasteiger charge is 2.23. The minimum absolute atomic E-state index is 0.638. The highest BCUT2D eigenvalue weighted by Crippen LogP contribution is 2.26. The normalized spacial score (nSPS) is 14.1. The molecule has 106 valence electrons. The van der Waals surface area contributed by atoms with Crippen molar-refractivity contribution in [2.75, 3.05) is 0 Å². The van der Waals surface area contributed by atoms with E-state index in [0.717, 1.165) is 12.0 Å². The maximum atomic E-state index is 10.8. The Morgan fingerprint density at radius 1 is 0.900 bits per heavy atom. The summed E-state index contributed by atoms with van der Waals surface area (Å²) in [5, 5.41) is 10.8. The van der Waals surface area contributed by atoms with Crippen molar-refractivity contribution in [3.8, 4) is 0 Å². The average Bonchev–Trinajstić information content (AvgIpc) is 2.43. The van der Waals surface area contributed by atoms with Gasteiger partial charge in [-0.3, -0.25) is 0 Å². The molecular weight excluding hydrogens is 244 g/mol. The van der Waals surface area contributed by atoms with E-state index in [1.54, 1.807) is 0 Å². The molecule has 2 aromatic rings. The highest BCUT2D eigenvalue weighted by molar-refractivity contribution is 5.33. The quantitative estimate of drug-likeness (QED) is 0.875. The minimum Gasteiger partial charge on any atom is -0.385 e. The van der Waals surface area contributed by atoms with Crippen molar-refractivity contribution in [3.05, 3.63) is 70.3 Å². The summed E-state index contributed by atoms with van der Waals surface area (Å²) < 4.78 is 0. The van der Waals surface area contributed by atoms with E-state index in [0.29, 0.717) is 6.42 Å². The molecule has 0 radical (unpaired) electrons. The maximum Gasteiger partial charge on any atom is 0.0908 e. The van der Waals surface area contributed by atoms with Crippen LogP contribution in [0.5, 0.6) is 0 Å². The predicted molar refractivity (Wildman–Crippen MR) is 85.0 cm³/mol. The zero-order chi connectivity index (χ0) is 14.8. The number of aryl methyl sites for hydroxylation is 3. The number of rotatable bonds is 4. The summed E-state index contributed by atoms with van der Waals surface area (Å²) in [5.74, 6) is 0. The first-order valence-corrected chi connectivity index (χ1v) is 7.30. The molecule has 0 aliphatic rings. The largest absolute Gasteiger partial charge is 0.385 e. The van der Waals surface area contributed by atoms with Gasteiger partial charge >= 0.3 is 0 Å². The number of hydrogen-bond donors (Lipinski definition) is 1. The summed E-state index contributed by atoms with van der Waals surface area (Å²) >= 11 is 0. The second-order valence-corrected chi connectivity index (χ2v) is 5.92. The van der Waals surface area contributed by atoms with Crippen LogP contribution in [-0.4, -0.2) is 5.11 Å². The van der Waals surface area contributed by atoms with Crippen LogP contribution >= 0.6 is 0 Å². The Labute approximate surface area is 122 Å². The van der Waals surface area contributed by atoms with Gasteiger partial charge in [0.15, 0.2) is 0 Å². The van der Waals surface area contributed by atoms with Crippen LogP contribution < -0.4 is 0 Å². The van der Waals surface area contributed by atoms with Crippen molar-refractivity contribution in [2.45, 2.75) is 46.1 Å². The maximum absolute atomic E-state index is 10.8. The van der Waals surface area contributed by atoms with Crippen molar-refractivity contribution in [2.24, 2.45) is 0 Å². The zero-order valence-corrected chi connectivity index (χ0v) is 12.9. The topological polar surface area (TPSA) is 20.2 Å². The lowest BCUT2D eigenvalue weighted by Crippen LogP contribution is -2.24. The van der Waals surface area contributed by atoms with Crippen LogP contribution in [0.2, 0.25) is 0 Å². The summed E-state index contributed by atoms with van der Waals surface area (Å²) in [5.41, 5.74) is 5.20. The van der Waals surface area contributed by atoms with Crippen LogP contribution in [0.1, 0.15) is 41.7 Å². The summed E-state index contributed by atoms with van der Waals surface area (Å²) in [7, 11) is 0. The van der Waals surface area contributed by atoms with Crippen molar-refractivity contribution in [1.29, 1.82) is 0 Å². The molecule has 2 rings (SSSR count). The Kier molecular flexibility index (Phi) is 4.29. The molecule has 0 fully saturated rings. The lowest BCUT2D eigenvalue weighted by Gasteiger charge is -2.24. The van der Waals surface area contributed by atoms with E-state index < -0.39 is 5.60 Å². The van der Waals surface area contributed by atoms with Crippen LogP contribution in [0, 0.1) is 13.8 Å². The van der Waals surface area contributed by atoms with Crippen LogP contribution in [-0.2, 0) is 18.4 Å². The predicted octanol–water partition coefficient (Wildman–Crippen LogP) is 4.32. The van der Waals surface area contributed by atoms with Gasteiger partial charge in [-0.25, -0.2) is 0 Å². The van der Waals surface area contributed by atoms with Gasteiger partial charge in [-0.15, -0.1) is 0 Å². The highest BCUT2D eigenvalue weighted by atomic mass is 16.3. The Balaban J connectivity index is 2.22. The average molecular weight is 268 g/mol. The Morgan fingerprint density at radius 2 is 1.50 bits per heavy atom. The van der Waals surface area contributed by atoms with Gasteiger partial charge in [-0.1, -0.05) is 49.4 Å². The first kappa shape index (κ1) is 14.8. The molecule has 0 aromatic heterocycles. The Hall–Kier alpha value is -1.60. The summed E-state index contributed by atoms with van der Waals surface area (Å²) in [6, 6.07) is 14.7. The molecule has 0 heterocycles. The van der Waals surface area contributed by atoms with Gasteiger partial charge in [0.05, 0.1) is 5.60 Å². The first-order chi connectivity index (χ1) is 9.42. The smallest absolute Gasteiger partial charge is 0.0908 e. The lowest BCUT2D eigenvalue weighted by atomic mass is 9.87. The Bertz CT molecular complexity index is 579. The molecule has 0 saturated heterocycles. The first-order valence-electron chi connectivity index (χ1n) is 7.30. The molecule has 0 spiro atoms. The van der Waals surface area contributed by atoms with Crippen molar-refractivity contribution < 1.29 is 5.11 Å². The number of benzene rings is 2. The van der Waals surface area contributed by atoms with Crippen LogP contribution in [0.15, 0.2) is 42.5 Å². The molecule has 1 N–H and O–H groups in total. The van der Waals surface area contributed by atoms with E-state index in [9.17, 15) is 5.11 Å². The molecule has 0 saturated carbocycles. The van der Waals surface area contributed by atoms with Crippen molar-refractivity contribution in [1.82, 2.24) is 0 Å². The van der Waals surface area contributed by atoms with E-state index in [2.05, 4.69) is 51.1 Å². The molecule has 1 atom stereocenters. The summed E-state index contributed by atoms with van der Waals surface area (Å²) in [4.78, 5) is 0. The monoisotopic (exact) mass is 268 g/mol. The molecule has 0 amide bonds. The minimum atomic E-state index is -0.825. The molecule has 0 aliphatic heterocycles. The second-order valence-electron chi connectivity index (χ2n) is 5.92. The number of aliphatic hydroxyl groups is 1. The van der Waals surface area contributed by atoms with Crippen molar-refractivity contribution in [3.63, 3.8) is 0 Å². The van der Waals surface area contributed by atoms with E-state index in [1.807, 2.05) is 19.1 Å². The van der Waals surface area contributed by atoms with Gasteiger partial charge in [-0.2, -0.15) is 0 Å². The van der Waals surface area contributed by atoms with E-state index in [1.165, 1.54) is 22.3 Å². The van der Waals surface area contributed by atoms with E-state index in [4.69, 9.17) is 0 Å². The molecule has 20 heavy (non-hydrogen) atoms. The zero-order valence-electron chi connectivity index (χ0n) is 12.9. The fourth-order valence-electron chi connectivity index (χ4n) is 2.51. The van der Waals surface area contributed by atoms with E-state index in [-0.39, 0.29) is 0 Å². The molecular formula is C19H24O. The third-order valence-corrected chi connectivity index (χ3v) is 4.10. The van der Waals surface area contributed by atoms with Gasteiger partial charge in [0.2, 0.25) is 0 Å². The number of hydrogen-bond acceptors (Lipinski definition) is 1. The van der Waals surface area contributed by atoms with Crippen LogP contribution in [0.3, 0.4) is 0 Å². The van der Waals surface area contributed by atoms with Gasteiger partial charge < -0.3 is 5.11 Å². The molecule has 0 aliphatic carbocycles. The summed E-state index contributed by atoms with van der Waals surface area (Å²) in [6.45, 7) is 8.26. The molecule has 0 bridgehead atoms. The standard InChI is InChI=1S/C19H24O/c1-5-16-8-10-18(11-9-16)19(4,20)13-17-7-6-14(2)15(3)12-17/h6-12,20H,5,13H2,1-4H3. The molecule has 2 aromatic carbocycles. The Morgan fingerprint density at radius 3 is 2.05 bits per heavy atom. The fraction of sp³-hybridized carbons (Fsp3) is 0.368. The fourth-order valence-corrected chi connectivity index (χ4v) is 2.51. The van der Waals surface area contributed by atoms with Gasteiger partial charge in [-0.05, 0) is 55.0 Å². The van der Waals surface area contributed by atoms with Gasteiger partial charge in [0, 0.05) is 6.42 Å². The lowest BCUT2D eigenvalue weighted by molar-refractivity contribution is 0.0576. The van der Waals surface area contributed by atoms with E-state index >= 15 is 0 Å². The SMILES string of the molecule is CCc1ccc(C(C)(O)Cc2ccc(C)c(C)c2)cc1. The van der Waals surface area contributed by atoms with Crippen LogP contribution in [0.25, 0.3) is 0 Å². The summed E-state index contributed by atoms with van der Waals surface area (Å²) in [6.07, 6.45) is 1.67.